The van der Waals surface area contributed by atoms with Gasteiger partial charge in [-0.15, -0.1) is 0 Å². The molecule has 0 radical (unpaired) electrons. The lowest BCUT2D eigenvalue weighted by Gasteiger charge is -2.25. The second-order valence-corrected chi connectivity index (χ2v) is 6.96. The Bertz CT molecular complexity index is 734. The number of carbonyl (C=O) groups is 1. The van der Waals surface area contributed by atoms with Gasteiger partial charge in [0, 0.05) is 25.7 Å². The van der Waals surface area contributed by atoms with Gasteiger partial charge >= 0.3 is 0 Å². The molecule has 0 saturated heterocycles. The molecule has 7 heteroatoms. The summed E-state index contributed by atoms with van der Waals surface area (Å²) in [7, 11) is 4.02. The summed E-state index contributed by atoms with van der Waals surface area (Å²) in [6, 6.07) is 10.4. The average molecular weight is 390 g/mol. The first-order valence-electron chi connectivity index (χ1n) is 9.22. The Morgan fingerprint density at radius 3 is 2.44 bits per heavy atom. The van der Waals surface area contributed by atoms with Gasteiger partial charge in [0.1, 0.15) is 0 Å². The Hall–Kier alpha value is -2.18. The van der Waals surface area contributed by atoms with Gasteiger partial charge in [-0.05, 0) is 39.9 Å². The molecule has 0 aliphatic carbocycles. The predicted molar refractivity (Wildman–Crippen MR) is 111 cm³/mol. The average Bonchev–Trinajstić information content (AvgIpc) is 2.67. The van der Waals surface area contributed by atoms with Gasteiger partial charge in [-0.25, -0.2) is 9.97 Å². The van der Waals surface area contributed by atoms with Gasteiger partial charge in [-0.3, -0.25) is 4.79 Å². The number of carbonyl (C=O) groups excluding carboxylic acids is 1. The van der Waals surface area contributed by atoms with Crippen LogP contribution in [0.4, 0.5) is 5.95 Å². The summed E-state index contributed by atoms with van der Waals surface area (Å²) in [6.07, 6.45) is 2.33. The Morgan fingerprint density at radius 1 is 1.19 bits per heavy atom. The van der Waals surface area contributed by atoms with E-state index < -0.39 is 0 Å². The lowest BCUT2D eigenvalue weighted by molar-refractivity contribution is 0.0936. The SMILES string of the molecule is CCN(CC)c1ncc(Cl)c(C(=O)NCC(Cc2ccccc2)N(C)C)n1. The normalized spacial score (nSPS) is 12.1. The van der Waals surface area contributed by atoms with Crippen LogP contribution < -0.4 is 10.2 Å². The fraction of sp³-hybridized carbons (Fsp3) is 0.450. The molecule has 1 heterocycles. The summed E-state index contributed by atoms with van der Waals surface area (Å²) in [6.45, 7) is 6.07. The van der Waals surface area contributed by atoms with Gasteiger partial charge in [-0.1, -0.05) is 41.9 Å². The van der Waals surface area contributed by atoms with Crippen molar-refractivity contribution in [2.24, 2.45) is 0 Å². The summed E-state index contributed by atoms with van der Waals surface area (Å²) < 4.78 is 0. The third-order valence-corrected chi connectivity index (χ3v) is 4.81. The topological polar surface area (TPSA) is 61.4 Å². The van der Waals surface area contributed by atoms with Gasteiger partial charge in [0.25, 0.3) is 5.91 Å². The molecule has 1 aromatic heterocycles. The van der Waals surface area contributed by atoms with Crippen molar-refractivity contribution < 1.29 is 4.79 Å². The van der Waals surface area contributed by atoms with Crippen LogP contribution in [0.2, 0.25) is 5.02 Å². The molecule has 0 saturated carbocycles. The maximum Gasteiger partial charge on any atom is 0.271 e. The molecule has 1 aromatic carbocycles. The maximum atomic E-state index is 12.7. The number of benzene rings is 1. The van der Waals surface area contributed by atoms with Crippen LogP contribution in [-0.4, -0.2) is 60.5 Å². The second-order valence-electron chi connectivity index (χ2n) is 6.56. The molecule has 1 unspecified atom stereocenters. The van der Waals surface area contributed by atoms with Crippen LogP contribution in [0.15, 0.2) is 36.5 Å². The Balaban J connectivity index is 2.08. The zero-order chi connectivity index (χ0) is 19.8. The van der Waals surface area contributed by atoms with Crippen LogP contribution >= 0.6 is 11.6 Å². The first kappa shape index (κ1) is 21.1. The highest BCUT2D eigenvalue weighted by Crippen LogP contribution is 2.16. The number of hydrogen-bond acceptors (Lipinski definition) is 5. The summed E-state index contributed by atoms with van der Waals surface area (Å²) in [5.74, 6) is 0.235. The highest BCUT2D eigenvalue weighted by molar-refractivity contribution is 6.33. The molecular weight excluding hydrogens is 362 g/mol. The monoisotopic (exact) mass is 389 g/mol. The van der Waals surface area contributed by atoms with Crippen molar-refractivity contribution in [3.8, 4) is 0 Å². The molecule has 2 aromatic rings. The summed E-state index contributed by atoms with van der Waals surface area (Å²) >= 11 is 6.18. The van der Waals surface area contributed by atoms with Crippen molar-refractivity contribution >= 4 is 23.5 Å². The quantitative estimate of drug-likeness (QED) is 0.714. The van der Waals surface area contributed by atoms with E-state index in [2.05, 4.69) is 32.3 Å². The van der Waals surface area contributed by atoms with E-state index in [1.807, 2.05) is 51.0 Å². The number of amides is 1. The summed E-state index contributed by atoms with van der Waals surface area (Å²) in [4.78, 5) is 25.4. The fourth-order valence-corrected chi connectivity index (χ4v) is 2.97. The first-order valence-corrected chi connectivity index (χ1v) is 9.60. The van der Waals surface area contributed by atoms with Gasteiger partial charge in [-0.2, -0.15) is 0 Å². The van der Waals surface area contributed by atoms with Crippen molar-refractivity contribution in [3.05, 3.63) is 52.8 Å². The molecule has 0 fully saturated rings. The van der Waals surface area contributed by atoms with Crippen molar-refractivity contribution in [3.63, 3.8) is 0 Å². The van der Waals surface area contributed by atoms with Crippen molar-refractivity contribution in [2.45, 2.75) is 26.3 Å². The standard InChI is InChI=1S/C20H28ClN5O/c1-5-26(6-2)20-23-14-17(21)18(24-20)19(27)22-13-16(25(3)4)12-15-10-8-7-9-11-15/h7-11,14,16H,5-6,12-13H2,1-4H3,(H,22,27). The van der Waals surface area contributed by atoms with Crippen molar-refractivity contribution in [2.75, 3.05) is 38.6 Å². The molecule has 2 rings (SSSR count). The highest BCUT2D eigenvalue weighted by Gasteiger charge is 2.19. The Labute approximate surface area is 166 Å². The number of rotatable bonds is 9. The minimum Gasteiger partial charge on any atom is -0.349 e. The molecule has 6 nitrogen and oxygen atoms in total. The van der Waals surface area contributed by atoms with E-state index in [1.165, 1.54) is 11.8 Å². The second kappa shape index (κ2) is 10.2. The van der Waals surface area contributed by atoms with E-state index in [1.54, 1.807) is 0 Å². The maximum absolute atomic E-state index is 12.7. The molecule has 0 aliphatic heterocycles. The lowest BCUT2D eigenvalue weighted by Crippen LogP contribution is -2.42. The van der Waals surface area contributed by atoms with Crippen LogP contribution in [0, 0.1) is 0 Å². The largest absolute Gasteiger partial charge is 0.349 e. The minimum absolute atomic E-state index is 0.166. The number of nitrogens with one attached hydrogen (secondary N) is 1. The van der Waals surface area contributed by atoms with E-state index in [-0.39, 0.29) is 22.7 Å². The molecule has 0 aliphatic rings. The molecular formula is C20H28ClN5O. The van der Waals surface area contributed by atoms with Gasteiger partial charge in [0.15, 0.2) is 5.69 Å². The van der Waals surface area contributed by atoms with E-state index in [4.69, 9.17) is 11.6 Å². The van der Waals surface area contributed by atoms with Crippen molar-refractivity contribution in [1.29, 1.82) is 0 Å². The van der Waals surface area contributed by atoms with Gasteiger partial charge in [0.05, 0.1) is 11.2 Å². The van der Waals surface area contributed by atoms with E-state index in [9.17, 15) is 4.79 Å². The molecule has 1 amide bonds. The predicted octanol–water partition coefficient (Wildman–Crippen LogP) is 2.88. The number of likely N-dealkylation sites (N-methyl/N-ethyl adjacent to an activating group) is 1. The van der Waals surface area contributed by atoms with E-state index in [0.717, 1.165) is 19.5 Å². The number of aromatic nitrogens is 2. The smallest absolute Gasteiger partial charge is 0.271 e. The van der Waals surface area contributed by atoms with Gasteiger partial charge in [0.2, 0.25) is 5.95 Å². The molecule has 146 valence electrons. The molecule has 0 bridgehead atoms. The summed E-state index contributed by atoms with van der Waals surface area (Å²) in [5, 5.41) is 3.23. The minimum atomic E-state index is -0.282. The van der Waals surface area contributed by atoms with Crippen molar-refractivity contribution in [1.82, 2.24) is 20.2 Å². The number of nitrogens with zero attached hydrogens (tertiary/aromatic N) is 4. The number of anilines is 1. The van der Waals surface area contributed by atoms with Gasteiger partial charge < -0.3 is 15.1 Å². The Kier molecular flexibility index (Phi) is 8.00. The molecule has 1 atom stereocenters. The van der Waals surface area contributed by atoms with Crippen LogP contribution in [0.5, 0.6) is 0 Å². The zero-order valence-electron chi connectivity index (χ0n) is 16.4. The number of halogens is 1. The summed E-state index contributed by atoms with van der Waals surface area (Å²) in [5.41, 5.74) is 1.44. The van der Waals surface area contributed by atoms with E-state index >= 15 is 0 Å². The Morgan fingerprint density at radius 2 is 1.85 bits per heavy atom. The molecule has 1 N–H and O–H groups in total. The molecule has 27 heavy (non-hydrogen) atoms. The van der Waals surface area contributed by atoms with E-state index in [0.29, 0.717) is 12.5 Å². The van der Waals surface area contributed by atoms with Crippen LogP contribution in [0.3, 0.4) is 0 Å². The first-order chi connectivity index (χ1) is 13.0. The van der Waals surface area contributed by atoms with Crippen LogP contribution in [0.1, 0.15) is 29.9 Å². The number of hydrogen-bond donors (Lipinski definition) is 1. The zero-order valence-corrected chi connectivity index (χ0v) is 17.2. The lowest BCUT2D eigenvalue weighted by atomic mass is 10.1. The van der Waals surface area contributed by atoms with Crippen LogP contribution in [-0.2, 0) is 6.42 Å². The fourth-order valence-electron chi connectivity index (χ4n) is 2.79. The third kappa shape index (κ3) is 5.91. The third-order valence-electron chi connectivity index (χ3n) is 4.54. The molecule has 0 spiro atoms. The highest BCUT2D eigenvalue weighted by atomic mass is 35.5. The van der Waals surface area contributed by atoms with Crippen LogP contribution in [0.25, 0.3) is 0 Å².